The number of benzene rings is 11. The van der Waals surface area contributed by atoms with Crippen molar-refractivity contribution in [1.29, 1.82) is 0 Å². The maximum atomic E-state index is 8.66. The molecule has 0 saturated carbocycles. The normalized spacial score (nSPS) is 12.7. The molecule has 0 bridgehead atoms. The Balaban J connectivity index is 1.04. The molecule has 0 spiro atoms. The first-order chi connectivity index (χ1) is 32.8. The van der Waals surface area contributed by atoms with Crippen LogP contribution in [0.15, 0.2) is 243 Å². The van der Waals surface area contributed by atoms with E-state index >= 15 is 0 Å². The zero-order valence-corrected chi connectivity index (χ0v) is 33.6. The van der Waals surface area contributed by atoms with Crippen LogP contribution >= 0.6 is 0 Å². The summed E-state index contributed by atoms with van der Waals surface area (Å²) in [6, 6.07) is 73.1. The summed E-state index contributed by atoms with van der Waals surface area (Å²) in [4.78, 5) is 2.24. The van der Waals surface area contributed by atoms with E-state index in [1.165, 1.54) is 32.3 Å². The maximum absolute atomic E-state index is 8.66. The molecule has 2 heteroatoms. The van der Waals surface area contributed by atoms with E-state index in [4.69, 9.17) is 6.85 Å². The Hall–Kier alpha value is -8.20. The second kappa shape index (κ2) is 14.8. The van der Waals surface area contributed by atoms with E-state index in [1.807, 2.05) is 42.5 Å². The van der Waals surface area contributed by atoms with Gasteiger partial charge in [-0.2, -0.15) is 0 Å². The van der Waals surface area contributed by atoms with E-state index in [-0.39, 0.29) is 29.7 Å². The van der Waals surface area contributed by atoms with Crippen LogP contribution in [0.4, 0.5) is 17.1 Å². The van der Waals surface area contributed by atoms with Crippen LogP contribution in [0.25, 0.3) is 93.2 Å². The molecule has 0 amide bonds. The van der Waals surface area contributed by atoms with Gasteiger partial charge in [0.2, 0.25) is 0 Å². The summed E-state index contributed by atoms with van der Waals surface area (Å²) in [5.41, 5.74) is 11.4. The number of hydrogen-bond acceptors (Lipinski definition) is 1. The lowest BCUT2D eigenvalue weighted by atomic mass is 9.95. The van der Waals surface area contributed by atoms with Gasteiger partial charge in [0.05, 0.1) is 29.3 Å². The fourth-order valence-corrected chi connectivity index (χ4v) is 9.39. The van der Waals surface area contributed by atoms with Gasteiger partial charge in [-0.05, 0) is 110 Å². The quantitative estimate of drug-likeness (QED) is 0.156. The van der Waals surface area contributed by atoms with E-state index < -0.39 is 6.04 Å². The second-order valence-electron chi connectivity index (χ2n) is 15.7. The molecule has 2 nitrogen and oxygen atoms in total. The molecule has 1 heterocycles. The number of aromatic nitrogens is 1. The maximum Gasteiger partial charge on any atom is 0.0629 e. The number of hydrogen-bond donors (Lipinski definition) is 0. The van der Waals surface area contributed by atoms with E-state index in [2.05, 4.69) is 179 Å². The summed E-state index contributed by atoms with van der Waals surface area (Å²) in [5, 5.41) is 9.38. The van der Waals surface area contributed by atoms with Gasteiger partial charge in [0.25, 0.3) is 0 Å². The zero-order chi connectivity index (χ0) is 45.3. The molecule has 0 aliphatic carbocycles. The van der Waals surface area contributed by atoms with Crippen molar-refractivity contribution >= 4 is 71.2 Å². The average Bonchev–Trinajstić information content (AvgIpc) is 3.72. The van der Waals surface area contributed by atoms with Gasteiger partial charge in [-0.1, -0.05) is 188 Å². The molecular formula is C60H40N2. The highest BCUT2D eigenvalue weighted by molar-refractivity contribution is 6.22. The van der Waals surface area contributed by atoms with Gasteiger partial charge in [0.15, 0.2) is 0 Å². The Labute approximate surface area is 367 Å². The first kappa shape index (κ1) is 30.8. The Morgan fingerprint density at radius 2 is 0.919 bits per heavy atom. The average molecular weight is 794 g/mol. The van der Waals surface area contributed by atoms with Crippen molar-refractivity contribution in [3.63, 3.8) is 0 Å². The highest BCUT2D eigenvalue weighted by Gasteiger charge is 2.20. The third-order valence-corrected chi connectivity index (χ3v) is 12.3. The van der Waals surface area contributed by atoms with Crippen LogP contribution in [0, 0.1) is 0 Å². The molecule has 12 rings (SSSR count). The van der Waals surface area contributed by atoms with E-state index in [0.29, 0.717) is 5.56 Å². The third kappa shape index (κ3) is 5.96. The predicted octanol–water partition coefficient (Wildman–Crippen LogP) is 16.7. The minimum absolute atomic E-state index is 0.177. The van der Waals surface area contributed by atoms with E-state index in [9.17, 15) is 0 Å². The Kier molecular flexibility index (Phi) is 7.35. The molecule has 0 radical (unpaired) electrons. The summed E-state index contributed by atoms with van der Waals surface area (Å²) in [6.45, 7) is 0. The highest BCUT2D eigenvalue weighted by atomic mass is 15.1. The zero-order valence-electron chi connectivity index (χ0n) is 38.6. The van der Waals surface area contributed by atoms with Crippen molar-refractivity contribution in [3.05, 3.63) is 243 Å². The molecule has 1 aromatic heterocycles. The summed E-state index contributed by atoms with van der Waals surface area (Å²) in [5.74, 6) is 0. The van der Waals surface area contributed by atoms with Crippen molar-refractivity contribution in [2.45, 2.75) is 0 Å². The van der Waals surface area contributed by atoms with Crippen LogP contribution in [-0.2, 0) is 0 Å². The van der Waals surface area contributed by atoms with Gasteiger partial charge in [-0.15, -0.1) is 0 Å². The molecule has 290 valence electrons. The summed E-state index contributed by atoms with van der Waals surface area (Å²) in [7, 11) is 0. The van der Waals surface area contributed by atoms with Gasteiger partial charge in [0.1, 0.15) is 0 Å². The van der Waals surface area contributed by atoms with Gasteiger partial charge >= 0.3 is 0 Å². The van der Waals surface area contributed by atoms with Crippen molar-refractivity contribution in [2.75, 3.05) is 4.90 Å². The van der Waals surface area contributed by atoms with Crippen LogP contribution in [-0.4, -0.2) is 4.57 Å². The molecular weight excluding hydrogens is 749 g/mol. The lowest BCUT2D eigenvalue weighted by molar-refractivity contribution is 1.20. The van der Waals surface area contributed by atoms with Crippen LogP contribution in [0.3, 0.4) is 0 Å². The van der Waals surface area contributed by atoms with E-state index in [0.717, 1.165) is 66.8 Å². The minimum Gasteiger partial charge on any atom is -0.310 e. The van der Waals surface area contributed by atoms with Crippen molar-refractivity contribution < 1.29 is 6.85 Å². The number of nitrogens with zero attached hydrogens (tertiary/aromatic N) is 2. The Bertz CT molecular complexity index is 3880. The third-order valence-electron chi connectivity index (χ3n) is 12.3. The predicted molar refractivity (Wildman–Crippen MR) is 264 cm³/mol. The van der Waals surface area contributed by atoms with E-state index in [1.54, 1.807) is 0 Å². The van der Waals surface area contributed by atoms with Crippen LogP contribution in [0.5, 0.6) is 0 Å². The molecule has 0 unspecified atom stereocenters. The molecule has 62 heavy (non-hydrogen) atoms. The fraction of sp³-hybridized carbons (Fsp3) is 0. The Morgan fingerprint density at radius 1 is 0.355 bits per heavy atom. The topological polar surface area (TPSA) is 8.17 Å². The molecule has 0 atom stereocenters. The molecule has 0 fully saturated rings. The van der Waals surface area contributed by atoms with Crippen LogP contribution in [0.2, 0.25) is 0 Å². The van der Waals surface area contributed by atoms with Crippen molar-refractivity contribution in [3.8, 4) is 39.1 Å². The molecule has 11 aromatic carbocycles. The highest BCUT2D eigenvalue weighted by Crippen LogP contribution is 2.44. The second-order valence-corrected chi connectivity index (χ2v) is 15.7. The smallest absolute Gasteiger partial charge is 0.0629 e. The lowest BCUT2D eigenvalue weighted by Gasteiger charge is -2.27. The first-order valence-corrected chi connectivity index (χ1v) is 20.9. The molecule has 0 aliphatic heterocycles. The number of fused-ring (bicyclic) bond motifs is 7. The minimum atomic E-state index is -0.406. The number of rotatable bonds is 7. The lowest BCUT2D eigenvalue weighted by Crippen LogP contribution is -2.10. The van der Waals surface area contributed by atoms with Gasteiger partial charge < -0.3 is 9.47 Å². The number of anilines is 3. The molecule has 0 saturated heterocycles. The fourth-order valence-electron chi connectivity index (χ4n) is 9.39. The van der Waals surface area contributed by atoms with Crippen molar-refractivity contribution in [2.24, 2.45) is 0 Å². The van der Waals surface area contributed by atoms with Gasteiger partial charge in [-0.3, -0.25) is 0 Å². The van der Waals surface area contributed by atoms with Gasteiger partial charge in [-0.25, -0.2) is 0 Å². The van der Waals surface area contributed by atoms with Crippen molar-refractivity contribution in [1.82, 2.24) is 4.57 Å². The first-order valence-electron chi connectivity index (χ1n) is 23.4. The molecule has 0 N–H and O–H groups in total. The summed E-state index contributed by atoms with van der Waals surface area (Å²) < 4.78 is 44.5. The standard InChI is InChI=1S/C60H40N2/c1-3-14-41(15-4-1)43-28-34-48(35-29-43)61(49-36-30-44(31-37-49)42-16-5-2-6-17-42)57-27-13-24-53-50(23-12-25-54(53)57)47-33-38-58-55(40-47)60-52-22-10-8-19-46(52)32-39-59(60)62(58)56-26-11-20-45-18-7-9-21-51(45)56/h1-40H/i1D,3D,4D,14D,15D. The van der Waals surface area contributed by atoms with Crippen LogP contribution < -0.4 is 4.90 Å². The summed E-state index contributed by atoms with van der Waals surface area (Å²) >= 11 is 0. The largest absolute Gasteiger partial charge is 0.310 e. The summed E-state index contributed by atoms with van der Waals surface area (Å²) in [6.07, 6.45) is 0. The Morgan fingerprint density at radius 3 is 1.69 bits per heavy atom. The van der Waals surface area contributed by atoms with Crippen LogP contribution in [0.1, 0.15) is 6.85 Å². The van der Waals surface area contributed by atoms with Gasteiger partial charge in [0, 0.05) is 32.9 Å². The molecule has 12 aromatic rings. The SMILES string of the molecule is [2H]c1c([2H])c([2H])c(-c2ccc(N(c3ccc(-c4ccccc4)cc3)c3cccc4c(-c5ccc6c(c5)c5c7ccccc7ccc5n6-c5cccc6ccccc56)cccc34)cc2)c([2H])c1[2H]. The molecule has 0 aliphatic rings. The monoisotopic (exact) mass is 793 g/mol.